The normalized spacial score (nSPS) is 10.8. The van der Waals surface area contributed by atoms with Crippen molar-refractivity contribution in [3.05, 3.63) is 76.3 Å². The second-order valence-corrected chi connectivity index (χ2v) is 4.50. The summed E-state index contributed by atoms with van der Waals surface area (Å²) in [6.45, 7) is 2.02. The SMILES string of the molecule is Cc1ccccc1/C=C\C(=O)c1ccc(Cl)cc1. The molecule has 90 valence electrons. The van der Waals surface area contributed by atoms with Gasteiger partial charge >= 0.3 is 0 Å². The molecule has 2 rings (SSSR count). The van der Waals surface area contributed by atoms with E-state index in [1.165, 1.54) is 0 Å². The first-order valence-electron chi connectivity index (χ1n) is 5.70. The van der Waals surface area contributed by atoms with E-state index < -0.39 is 0 Å². The van der Waals surface area contributed by atoms with Gasteiger partial charge in [0, 0.05) is 10.6 Å². The molecule has 0 aliphatic rings. The molecule has 2 aromatic rings. The molecule has 0 radical (unpaired) electrons. The lowest BCUT2D eigenvalue weighted by Gasteiger charge is -1.99. The summed E-state index contributed by atoms with van der Waals surface area (Å²) in [5.74, 6) is -0.0186. The molecule has 0 aromatic heterocycles. The van der Waals surface area contributed by atoms with E-state index in [1.54, 1.807) is 30.3 Å². The van der Waals surface area contributed by atoms with E-state index in [4.69, 9.17) is 11.6 Å². The number of rotatable bonds is 3. The molecule has 0 bridgehead atoms. The van der Waals surface area contributed by atoms with Crippen LogP contribution in [0.2, 0.25) is 5.02 Å². The summed E-state index contributed by atoms with van der Waals surface area (Å²) in [6.07, 6.45) is 3.43. The van der Waals surface area contributed by atoms with Gasteiger partial charge in [0.15, 0.2) is 5.78 Å². The largest absolute Gasteiger partial charge is 0.289 e. The summed E-state index contributed by atoms with van der Waals surface area (Å²) in [6, 6.07) is 14.8. The lowest BCUT2D eigenvalue weighted by Crippen LogP contribution is -1.93. The maximum absolute atomic E-state index is 11.9. The number of carbonyl (C=O) groups is 1. The minimum atomic E-state index is -0.0186. The third-order valence-corrected chi connectivity index (χ3v) is 2.98. The molecular formula is C16H13ClO. The van der Waals surface area contributed by atoms with Crippen molar-refractivity contribution in [1.82, 2.24) is 0 Å². The van der Waals surface area contributed by atoms with Gasteiger partial charge in [-0.05, 0) is 48.4 Å². The zero-order valence-corrected chi connectivity index (χ0v) is 10.8. The molecule has 1 nitrogen and oxygen atoms in total. The zero-order chi connectivity index (χ0) is 13.0. The van der Waals surface area contributed by atoms with E-state index in [1.807, 2.05) is 37.3 Å². The summed E-state index contributed by atoms with van der Waals surface area (Å²) in [4.78, 5) is 11.9. The standard InChI is InChI=1S/C16H13ClO/c1-12-4-2-3-5-13(12)8-11-16(18)14-6-9-15(17)10-7-14/h2-11H,1H3/b11-8-. The number of aryl methyl sites for hydroxylation is 1. The zero-order valence-electron chi connectivity index (χ0n) is 10.1. The summed E-state index contributed by atoms with van der Waals surface area (Å²) in [7, 11) is 0. The Kier molecular flexibility index (Phi) is 3.96. The van der Waals surface area contributed by atoms with E-state index >= 15 is 0 Å². The highest BCUT2D eigenvalue weighted by Gasteiger charge is 2.01. The molecule has 0 fully saturated rings. The molecule has 0 heterocycles. The van der Waals surface area contributed by atoms with Crippen molar-refractivity contribution in [2.45, 2.75) is 6.92 Å². The van der Waals surface area contributed by atoms with Gasteiger partial charge in [-0.2, -0.15) is 0 Å². The first kappa shape index (κ1) is 12.6. The minimum Gasteiger partial charge on any atom is -0.289 e. The van der Waals surface area contributed by atoms with Gasteiger partial charge in [0.1, 0.15) is 0 Å². The molecule has 18 heavy (non-hydrogen) atoms. The predicted molar refractivity (Wildman–Crippen MR) is 76.0 cm³/mol. The molecule has 2 heteroatoms. The van der Waals surface area contributed by atoms with Gasteiger partial charge in [0.25, 0.3) is 0 Å². The van der Waals surface area contributed by atoms with E-state index in [0.717, 1.165) is 11.1 Å². The molecule has 0 unspecified atom stereocenters. The third kappa shape index (κ3) is 3.08. The van der Waals surface area contributed by atoms with Crippen LogP contribution >= 0.6 is 11.6 Å². The van der Waals surface area contributed by atoms with Crippen molar-refractivity contribution in [3.63, 3.8) is 0 Å². The maximum Gasteiger partial charge on any atom is 0.185 e. The first-order chi connectivity index (χ1) is 8.66. The molecule has 0 saturated carbocycles. The molecule has 0 atom stereocenters. The highest BCUT2D eigenvalue weighted by molar-refractivity contribution is 6.30. The number of ketones is 1. The molecule has 0 saturated heterocycles. The monoisotopic (exact) mass is 256 g/mol. The molecule has 2 aromatic carbocycles. The van der Waals surface area contributed by atoms with Crippen molar-refractivity contribution < 1.29 is 4.79 Å². The first-order valence-corrected chi connectivity index (χ1v) is 6.08. The number of allylic oxidation sites excluding steroid dienone is 1. The fourth-order valence-corrected chi connectivity index (χ4v) is 1.78. The summed E-state index contributed by atoms with van der Waals surface area (Å²) in [5, 5.41) is 0.634. The molecule has 0 aliphatic heterocycles. The molecule has 0 aliphatic carbocycles. The Morgan fingerprint density at radius 1 is 1.06 bits per heavy atom. The van der Waals surface area contributed by atoms with Gasteiger partial charge in [0.2, 0.25) is 0 Å². The highest BCUT2D eigenvalue weighted by Crippen LogP contribution is 2.12. The smallest absolute Gasteiger partial charge is 0.185 e. The van der Waals surface area contributed by atoms with E-state index in [2.05, 4.69) is 0 Å². The second-order valence-electron chi connectivity index (χ2n) is 4.06. The number of hydrogen-bond acceptors (Lipinski definition) is 1. The van der Waals surface area contributed by atoms with Crippen molar-refractivity contribution in [2.24, 2.45) is 0 Å². The third-order valence-electron chi connectivity index (χ3n) is 2.73. The van der Waals surface area contributed by atoms with Gasteiger partial charge in [-0.15, -0.1) is 0 Å². The van der Waals surface area contributed by atoms with Crippen LogP contribution in [0, 0.1) is 6.92 Å². The Hall–Kier alpha value is -1.86. The molecule has 0 amide bonds. The van der Waals surface area contributed by atoms with Crippen LogP contribution in [0.3, 0.4) is 0 Å². The number of hydrogen-bond donors (Lipinski definition) is 0. The van der Waals surface area contributed by atoms with Crippen LogP contribution in [-0.2, 0) is 0 Å². The Balaban J connectivity index is 2.17. The average Bonchev–Trinajstić information content (AvgIpc) is 2.38. The van der Waals surface area contributed by atoms with Gasteiger partial charge in [-0.1, -0.05) is 41.9 Å². The molecule has 0 N–H and O–H groups in total. The lowest BCUT2D eigenvalue weighted by atomic mass is 10.1. The number of carbonyl (C=O) groups excluding carboxylic acids is 1. The second kappa shape index (κ2) is 5.65. The Morgan fingerprint density at radius 2 is 1.72 bits per heavy atom. The van der Waals surface area contributed by atoms with Crippen LogP contribution < -0.4 is 0 Å². The minimum absolute atomic E-state index is 0.0186. The summed E-state index contributed by atoms with van der Waals surface area (Å²) < 4.78 is 0. The van der Waals surface area contributed by atoms with E-state index in [9.17, 15) is 4.79 Å². The fraction of sp³-hybridized carbons (Fsp3) is 0.0625. The average molecular weight is 257 g/mol. The van der Waals surface area contributed by atoms with Gasteiger partial charge in [0.05, 0.1) is 0 Å². The highest BCUT2D eigenvalue weighted by atomic mass is 35.5. The van der Waals surface area contributed by atoms with Crippen LogP contribution in [0.1, 0.15) is 21.5 Å². The van der Waals surface area contributed by atoms with Crippen molar-refractivity contribution in [3.8, 4) is 0 Å². The van der Waals surface area contributed by atoms with E-state index in [0.29, 0.717) is 10.6 Å². The molecule has 0 spiro atoms. The van der Waals surface area contributed by atoms with Crippen LogP contribution in [-0.4, -0.2) is 5.78 Å². The summed E-state index contributed by atoms with van der Waals surface area (Å²) in [5.41, 5.74) is 2.85. The number of benzene rings is 2. The van der Waals surface area contributed by atoms with Gasteiger partial charge < -0.3 is 0 Å². The maximum atomic E-state index is 11.9. The van der Waals surface area contributed by atoms with Crippen molar-refractivity contribution >= 4 is 23.5 Å². The lowest BCUT2D eigenvalue weighted by molar-refractivity contribution is 0.104. The van der Waals surface area contributed by atoms with E-state index in [-0.39, 0.29) is 5.78 Å². The Bertz CT molecular complexity index is 582. The van der Waals surface area contributed by atoms with Crippen LogP contribution in [0.25, 0.3) is 6.08 Å². The Morgan fingerprint density at radius 3 is 2.39 bits per heavy atom. The summed E-state index contributed by atoms with van der Waals surface area (Å²) >= 11 is 5.78. The van der Waals surface area contributed by atoms with Crippen molar-refractivity contribution in [2.75, 3.05) is 0 Å². The topological polar surface area (TPSA) is 17.1 Å². The van der Waals surface area contributed by atoms with Gasteiger partial charge in [-0.25, -0.2) is 0 Å². The van der Waals surface area contributed by atoms with Crippen LogP contribution in [0.4, 0.5) is 0 Å². The fourth-order valence-electron chi connectivity index (χ4n) is 1.65. The van der Waals surface area contributed by atoms with Crippen LogP contribution in [0.15, 0.2) is 54.6 Å². The van der Waals surface area contributed by atoms with Crippen LogP contribution in [0.5, 0.6) is 0 Å². The number of halogens is 1. The predicted octanol–water partition coefficient (Wildman–Crippen LogP) is 4.54. The Labute approximate surface area is 112 Å². The van der Waals surface area contributed by atoms with Crippen molar-refractivity contribution in [1.29, 1.82) is 0 Å². The molecular weight excluding hydrogens is 244 g/mol. The quantitative estimate of drug-likeness (QED) is 0.582. The van der Waals surface area contributed by atoms with Gasteiger partial charge in [-0.3, -0.25) is 4.79 Å².